The minimum atomic E-state index is 0.711. The molecule has 0 aliphatic carbocycles. The molecule has 18 heavy (non-hydrogen) atoms. The van der Waals surface area contributed by atoms with Crippen molar-refractivity contribution in [1.29, 1.82) is 0 Å². The van der Waals surface area contributed by atoms with Gasteiger partial charge in [0.1, 0.15) is 5.69 Å². The molecule has 0 fully saturated rings. The highest BCUT2D eigenvalue weighted by molar-refractivity contribution is 5.48. The van der Waals surface area contributed by atoms with Gasteiger partial charge in [-0.1, -0.05) is 0 Å². The SMILES string of the molecule is COCCNCCc1ncc(-c2cn(C)cn2)o1. The maximum Gasteiger partial charge on any atom is 0.196 e. The third kappa shape index (κ3) is 3.41. The molecule has 6 heteroatoms. The molecular formula is C12H18N4O2. The lowest BCUT2D eigenvalue weighted by Gasteiger charge is -2.00. The molecule has 98 valence electrons. The molecule has 0 saturated heterocycles. The first-order valence-corrected chi connectivity index (χ1v) is 5.92. The van der Waals surface area contributed by atoms with Crippen LogP contribution in [-0.4, -0.2) is 41.3 Å². The van der Waals surface area contributed by atoms with Gasteiger partial charge in [0, 0.05) is 39.9 Å². The van der Waals surface area contributed by atoms with Gasteiger partial charge in [-0.2, -0.15) is 0 Å². The minimum absolute atomic E-state index is 0.711. The third-order valence-corrected chi connectivity index (χ3v) is 2.51. The van der Waals surface area contributed by atoms with Gasteiger partial charge >= 0.3 is 0 Å². The molecule has 0 atom stereocenters. The predicted molar refractivity (Wildman–Crippen MR) is 67.2 cm³/mol. The molecular weight excluding hydrogens is 232 g/mol. The zero-order valence-corrected chi connectivity index (χ0v) is 10.7. The number of ether oxygens (including phenoxy) is 1. The quantitative estimate of drug-likeness (QED) is 0.738. The molecule has 0 aromatic carbocycles. The maximum atomic E-state index is 5.63. The van der Waals surface area contributed by atoms with Gasteiger partial charge in [-0.25, -0.2) is 9.97 Å². The topological polar surface area (TPSA) is 65.1 Å². The summed E-state index contributed by atoms with van der Waals surface area (Å²) in [6.45, 7) is 2.38. The highest BCUT2D eigenvalue weighted by Crippen LogP contribution is 2.17. The van der Waals surface area contributed by atoms with Crippen molar-refractivity contribution in [2.45, 2.75) is 6.42 Å². The molecule has 0 spiro atoms. The molecule has 2 rings (SSSR count). The summed E-state index contributed by atoms with van der Waals surface area (Å²) in [6, 6.07) is 0. The minimum Gasteiger partial charge on any atom is -0.439 e. The fourth-order valence-corrected chi connectivity index (χ4v) is 1.58. The second-order valence-corrected chi connectivity index (χ2v) is 4.04. The number of hydrogen-bond donors (Lipinski definition) is 1. The van der Waals surface area contributed by atoms with Crippen LogP contribution in [0.1, 0.15) is 5.89 Å². The van der Waals surface area contributed by atoms with Crippen LogP contribution >= 0.6 is 0 Å². The van der Waals surface area contributed by atoms with E-state index in [1.54, 1.807) is 19.6 Å². The Morgan fingerprint density at radius 3 is 3.00 bits per heavy atom. The number of nitrogens with zero attached hydrogens (tertiary/aromatic N) is 3. The van der Waals surface area contributed by atoms with E-state index in [9.17, 15) is 0 Å². The summed E-state index contributed by atoms with van der Waals surface area (Å²) in [5.74, 6) is 1.43. The Hall–Kier alpha value is -1.66. The van der Waals surface area contributed by atoms with Crippen LogP contribution in [0.2, 0.25) is 0 Å². The van der Waals surface area contributed by atoms with E-state index in [0.29, 0.717) is 12.4 Å². The summed E-state index contributed by atoms with van der Waals surface area (Å²) in [5, 5.41) is 3.24. The monoisotopic (exact) mass is 250 g/mol. The fraction of sp³-hybridized carbons (Fsp3) is 0.500. The van der Waals surface area contributed by atoms with Gasteiger partial charge in [0.15, 0.2) is 11.7 Å². The van der Waals surface area contributed by atoms with E-state index in [2.05, 4.69) is 15.3 Å². The number of aromatic nitrogens is 3. The van der Waals surface area contributed by atoms with Crippen LogP contribution in [0.25, 0.3) is 11.5 Å². The summed E-state index contributed by atoms with van der Waals surface area (Å²) in [6.07, 6.45) is 6.12. The van der Waals surface area contributed by atoms with Gasteiger partial charge in [-0.05, 0) is 0 Å². The van der Waals surface area contributed by atoms with Crippen molar-refractivity contribution in [3.05, 3.63) is 24.6 Å². The van der Waals surface area contributed by atoms with E-state index in [0.717, 1.165) is 31.1 Å². The second kappa shape index (κ2) is 6.32. The van der Waals surface area contributed by atoms with E-state index in [4.69, 9.17) is 9.15 Å². The summed E-state index contributed by atoms with van der Waals surface area (Å²) < 4.78 is 12.5. The van der Waals surface area contributed by atoms with Crippen molar-refractivity contribution in [2.75, 3.05) is 26.8 Å². The maximum absolute atomic E-state index is 5.63. The Bertz CT molecular complexity index is 478. The number of methoxy groups -OCH3 is 1. The van der Waals surface area contributed by atoms with Crippen molar-refractivity contribution >= 4 is 0 Å². The second-order valence-electron chi connectivity index (χ2n) is 4.04. The van der Waals surface area contributed by atoms with E-state index < -0.39 is 0 Å². The first-order valence-electron chi connectivity index (χ1n) is 5.92. The summed E-state index contributed by atoms with van der Waals surface area (Å²) in [7, 11) is 3.61. The molecule has 0 unspecified atom stereocenters. The number of rotatable bonds is 7. The molecule has 0 aliphatic heterocycles. The highest BCUT2D eigenvalue weighted by Gasteiger charge is 2.08. The van der Waals surface area contributed by atoms with Crippen LogP contribution < -0.4 is 5.32 Å². The van der Waals surface area contributed by atoms with Crippen LogP contribution in [0.5, 0.6) is 0 Å². The van der Waals surface area contributed by atoms with E-state index >= 15 is 0 Å². The van der Waals surface area contributed by atoms with Crippen molar-refractivity contribution in [3.63, 3.8) is 0 Å². The first kappa shape index (κ1) is 12.8. The normalized spacial score (nSPS) is 11.0. The Morgan fingerprint density at radius 2 is 2.28 bits per heavy atom. The molecule has 0 aliphatic rings. The van der Waals surface area contributed by atoms with Crippen LogP contribution in [0.15, 0.2) is 23.1 Å². The van der Waals surface area contributed by atoms with Crippen molar-refractivity contribution < 1.29 is 9.15 Å². The average molecular weight is 250 g/mol. The molecule has 0 radical (unpaired) electrons. The third-order valence-electron chi connectivity index (χ3n) is 2.51. The molecule has 0 amide bonds. The summed E-state index contributed by atoms with van der Waals surface area (Å²) >= 11 is 0. The molecule has 1 N–H and O–H groups in total. The standard InChI is InChI=1S/C12H18N4O2/c1-16-8-10(15-9-16)11-7-14-12(18-11)3-4-13-5-6-17-2/h7-9,13H,3-6H2,1-2H3. The van der Waals surface area contributed by atoms with Gasteiger partial charge in [-0.3, -0.25) is 0 Å². The lowest BCUT2D eigenvalue weighted by atomic mass is 10.4. The number of imidazole rings is 1. The van der Waals surface area contributed by atoms with Crippen LogP contribution in [0, 0.1) is 0 Å². The largest absolute Gasteiger partial charge is 0.439 e. The van der Waals surface area contributed by atoms with Gasteiger partial charge in [-0.15, -0.1) is 0 Å². The molecule has 6 nitrogen and oxygen atoms in total. The Morgan fingerprint density at radius 1 is 1.39 bits per heavy atom. The van der Waals surface area contributed by atoms with Crippen LogP contribution in [0.3, 0.4) is 0 Å². The summed E-state index contributed by atoms with van der Waals surface area (Å²) in [5.41, 5.74) is 0.809. The van der Waals surface area contributed by atoms with E-state index in [1.165, 1.54) is 0 Å². The van der Waals surface area contributed by atoms with Crippen molar-refractivity contribution in [3.8, 4) is 11.5 Å². The number of nitrogens with one attached hydrogen (secondary N) is 1. The molecule has 2 heterocycles. The first-order chi connectivity index (χ1) is 8.79. The predicted octanol–water partition coefficient (Wildman–Crippen LogP) is 0.854. The number of hydrogen-bond acceptors (Lipinski definition) is 5. The van der Waals surface area contributed by atoms with Gasteiger partial charge < -0.3 is 19.0 Å². The van der Waals surface area contributed by atoms with Crippen LogP contribution in [-0.2, 0) is 18.2 Å². The van der Waals surface area contributed by atoms with Gasteiger partial charge in [0.2, 0.25) is 0 Å². The van der Waals surface area contributed by atoms with Crippen molar-refractivity contribution in [1.82, 2.24) is 19.9 Å². The van der Waals surface area contributed by atoms with E-state index in [-0.39, 0.29) is 0 Å². The molecule has 2 aromatic heterocycles. The Kier molecular flexibility index (Phi) is 4.49. The lowest BCUT2D eigenvalue weighted by Crippen LogP contribution is -2.21. The average Bonchev–Trinajstić information content (AvgIpc) is 2.97. The highest BCUT2D eigenvalue weighted by atomic mass is 16.5. The Balaban J connectivity index is 1.83. The fourth-order valence-electron chi connectivity index (χ4n) is 1.58. The number of oxazole rings is 1. The van der Waals surface area contributed by atoms with E-state index in [1.807, 2.05) is 17.8 Å². The molecule has 0 saturated carbocycles. The zero-order valence-electron chi connectivity index (χ0n) is 10.7. The van der Waals surface area contributed by atoms with Crippen LogP contribution in [0.4, 0.5) is 0 Å². The molecule has 0 bridgehead atoms. The van der Waals surface area contributed by atoms with Gasteiger partial charge in [0.25, 0.3) is 0 Å². The summed E-state index contributed by atoms with van der Waals surface area (Å²) in [4.78, 5) is 8.45. The smallest absolute Gasteiger partial charge is 0.196 e. The van der Waals surface area contributed by atoms with Crippen molar-refractivity contribution in [2.24, 2.45) is 7.05 Å². The van der Waals surface area contributed by atoms with Gasteiger partial charge in [0.05, 0.1) is 19.1 Å². The number of aryl methyl sites for hydroxylation is 1. The zero-order chi connectivity index (χ0) is 12.8. The lowest BCUT2D eigenvalue weighted by molar-refractivity contribution is 0.199. The Labute approximate surface area is 106 Å². The molecule has 2 aromatic rings.